The normalized spacial score (nSPS) is 20.8. The predicted molar refractivity (Wildman–Crippen MR) is 78.9 cm³/mol. The van der Waals surface area contributed by atoms with Gasteiger partial charge in [0.05, 0.1) is 12.0 Å². The van der Waals surface area contributed by atoms with Crippen molar-refractivity contribution < 1.29 is 23.1 Å². The molecule has 0 saturated heterocycles. The molecule has 1 aliphatic heterocycles. The number of hydrogen-bond acceptors (Lipinski definition) is 4. The highest BCUT2D eigenvalue weighted by Crippen LogP contribution is 2.40. The Morgan fingerprint density at radius 1 is 1.17 bits per heavy atom. The van der Waals surface area contributed by atoms with E-state index in [1.165, 1.54) is 36.7 Å². The molecule has 1 aliphatic rings. The first-order valence-corrected chi connectivity index (χ1v) is 6.99. The van der Waals surface area contributed by atoms with Crippen LogP contribution < -0.4 is 0 Å². The van der Waals surface area contributed by atoms with E-state index in [-0.39, 0.29) is 11.1 Å². The van der Waals surface area contributed by atoms with Crippen molar-refractivity contribution >= 4 is 11.6 Å². The fourth-order valence-corrected chi connectivity index (χ4v) is 2.46. The van der Waals surface area contributed by atoms with Crippen LogP contribution in [0.1, 0.15) is 22.3 Å². The smallest absolute Gasteiger partial charge is 0.365 e. The number of nitrogens with zero attached hydrogens (tertiary/aromatic N) is 3. The van der Waals surface area contributed by atoms with E-state index >= 15 is 0 Å². The minimum absolute atomic E-state index is 0.0269. The van der Waals surface area contributed by atoms with Gasteiger partial charge in [0.15, 0.2) is 5.72 Å². The van der Waals surface area contributed by atoms with Gasteiger partial charge in [0.1, 0.15) is 5.71 Å². The first-order valence-electron chi connectivity index (χ1n) is 6.99. The Hall–Kier alpha value is -2.74. The summed E-state index contributed by atoms with van der Waals surface area (Å²) < 4.78 is 39.2. The maximum atomic E-state index is 13.1. The molecule has 0 radical (unpaired) electrons. The molecule has 0 saturated carbocycles. The number of alkyl halides is 3. The molecule has 1 atom stereocenters. The van der Waals surface area contributed by atoms with E-state index in [0.29, 0.717) is 5.01 Å². The van der Waals surface area contributed by atoms with E-state index in [9.17, 15) is 23.1 Å². The summed E-state index contributed by atoms with van der Waals surface area (Å²) in [6, 6.07) is 10.5. The Bertz CT molecular complexity index is 778. The standard InChI is InChI=1S/C16H12F3N3O2/c17-16(18,19)13-9-15(24,12-6-2-1-3-7-12)22(21-13)14(23)11-5-4-8-20-10-11/h1-8,10,24H,9H2/t15-/m1/s1. The molecule has 0 aliphatic carbocycles. The summed E-state index contributed by atoms with van der Waals surface area (Å²) >= 11 is 0. The zero-order valence-corrected chi connectivity index (χ0v) is 12.2. The first kappa shape index (κ1) is 16.1. The number of amides is 1. The summed E-state index contributed by atoms with van der Waals surface area (Å²) in [5.74, 6) is -0.867. The maximum Gasteiger partial charge on any atom is 0.431 e. The Kier molecular flexibility index (Phi) is 3.84. The molecule has 124 valence electrons. The van der Waals surface area contributed by atoms with Crippen LogP contribution in [0.15, 0.2) is 60.0 Å². The lowest BCUT2D eigenvalue weighted by atomic mass is 9.97. The van der Waals surface area contributed by atoms with Gasteiger partial charge in [-0.3, -0.25) is 9.78 Å². The van der Waals surface area contributed by atoms with E-state index < -0.39 is 29.9 Å². The van der Waals surface area contributed by atoms with Gasteiger partial charge in [-0.05, 0) is 12.1 Å². The molecule has 8 heteroatoms. The zero-order chi connectivity index (χ0) is 17.4. The third-order valence-corrected chi connectivity index (χ3v) is 3.65. The molecule has 1 aromatic heterocycles. The number of rotatable bonds is 2. The lowest BCUT2D eigenvalue weighted by Crippen LogP contribution is -2.43. The number of carbonyl (C=O) groups is 1. The highest BCUT2D eigenvalue weighted by atomic mass is 19.4. The monoisotopic (exact) mass is 335 g/mol. The van der Waals surface area contributed by atoms with Crippen LogP contribution in [0.5, 0.6) is 0 Å². The van der Waals surface area contributed by atoms with Crippen LogP contribution >= 0.6 is 0 Å². The number of halogens is 3. The van der Waals surface area contributed by atoms with Crippen molar-refractivity contribution in [2.24, 2.45) is 5.10 Å². The maximum absolute atomic E-state index is 13.1. The lowest BCUT2D eigenvalue weighted by Gasteiger charge is -2.31. The average molecular weight is 335 g/mol. The molecular weight excluding hydrogens is 323 g/mol. The minimum atomic E-state index is -4.74. The van der Waals surface area contributed by atoms with Gasteiger partial charge in [0.25, 0.3) is 5.91 Å². The van der Waals surface area contributed by atoms with Crippen LogP contribution in [0.25, 0.3) is 0 Å². The molecule has 0 unspecified atom stereocenters. The fourth-order valence-electron chi connectivity index (χ4n) is 2.46. The van der Waals surface area contributed by atoms with Gasteiger partial charge in [-0.1, -0.05) is 30.3 Å². The SMILES string of the molecule is O=C(c1cccnc1)N1N=C(C(F)(F)F)C[C@@]1(O)c1ccccc1. The van der Waals surface area contributed by atoms with Crippen molar-refractivity contribution in [3.05, 3.63) is 66.0 Å². The highest BCUT2D eigenvalue weighted by Gasteiger charge is 2.53. The van der Waals surface area contributed by atoms with Gasteiger partial charge in [0.2, 0.25) is 0 Å². The minimum Gasteiger partial charge on any atom is -0.365 e. The lowest BCUT2D eigenvalue weighted by molar-refractivity contribution is -0.0816. The predicted octanol–water partition coefficient (Wildman–Crippen LogP) is 2.69. The molecular formula is C16H12F3N3O2. The molecule has 2 heterocycles. The third kappa shape index (κ3) is 2.76. The van der Waals surface area contributed by atoms with Crippen LogP contribution in [0, 0.1) is 0 Å². The second kappa shape index (κ2) is 5.72. The average Bonchev–Trinajstić information content (AvgIpc) is 2.95. The molecule has 1 amide bonds. The van der Waals surface area contributed by atoms with Crippen molar-refractivity contribution in [1.29, 1.82) is 0 Å². The van der Waals surface area contributed by atoms with Crippen LogP contribution in [-0.4, -0.2) is 32.9 Å². The van der Waals surface area contributed by atoms with Crippen molar-refractivity contribution in [3.8, 4) is 0 Å². The van der Waals surface area contributed by atoms with Gasteiger partial charge in [-0.15, -0.1) is 0 Å². The van der Waals surface area contributed by atoms with Crippen LogP contribution in [-0.2, 0) is 5.72 Å². The van der Waals surface area contributed by atoms with Gasteiger partial charge < -0.3 is 5.11 Å². The summed E-state index contributed by atoms with van der Waals surface area (Å²) in [4.78, 5) is 16.3. The Morgan fingerprint density at radius 3 is 2.46 bits per heavy atom. The van der Waals surface area contributed by atoms with Crippen LogP contribution in [0.2, 0.25) is 0 Å². The van der Waals surface area contributed by atoms with E-state index in [1.807, 2.05) is 0 Å². The van der Waals surface area contributed by atoms with E-state index in [2.05, 4.69) is 10.1 Å². The first-order chi connectivity index (χ1) is 11.3. The molecule has 1 N–H and O–H groups in total. The summed E-state index contributed by atoms with van der Waals surface area (Å²) in [6.07, 6.45) is -2.96. The number of aromatic nitrogens is 1. The topological polar surface area (TPSA) is 65.8 Å². The summed E-state index contributed by atoms with van der Waals surface area (Å²) in [6.45, 7) is 0. The van der Waals surface area contributed by atoms with E-state index in [0.717, 1.165) is 0 Å². The van der Waals surface area contributed by atoms with Crippen molar-refractivity contribution in [2.75, 3.05) is 0 Å². The third-order valence-electron chi connectivity index (χ3n) is 3.65. The molecule has 3 rings (SSSR count). The fraction of sp³-hybridized carbons (Fsp3) is 0.188. The second-order valence-corrected chi connectivity index (χ2v) is 5.26. The Balaban J connectivity index is 2.07. The zero-order valence-electron chi connectivity index (χ0n) is 12.2. The number of hydrogen-bond donors (Lipinski definition) is 1. The van der Waals surface area contributed by atoms with Crippen molar-refractivity contribution in [2.45, 2.75) is 18.3 Å². The molecule has 5 nitrogen and oxygen atoms in total. The summed E-state index contributed by atoms with van der Waals surface area (Å²) in [7, 11) is 0. The van der Waals surface area contributed by atoms with Gasteiger partial charge in [0, 0.05) is 18.0 Å². The Morgan fingerprint density at radius 2 is 1.88 bits per heavy atom. The van der Waals surface area contributed by atoms with Gasteiger partial charge in [-0.25, -0.2) is 0 Å². The number of pyridine rings is 1. The summed E-state index contributed by atoms with van der Waals surface area (Å²) in [5.41, 5.74) is -3.26. The number of carbonyl (C=O) groups excluding carboxylic acids is 1. The highest BCUT2D eigenvalue weighted by molar-refractivity contribution is 5.99. The molecule has 0 spiro atoms. The van der Waals surface area contributed by atoms with Crippen molar-refractivity contribution in [1.82, 2.24) is 9.99 Å². The number of hydrazone groups is 1. The quantitative estimate of drug-likeness (QED) is 0.918. The second-order valence-electron chi connectivity index (χ2n) is 5.26. The molecule has 2 aromatic rings. The molecule has 24 heavy (non-hydrogen) atoms. The van der Waals surface area contributed by atoms with Crippen LogP contribution in [0.3, 0.4) is 0 Å². The Labute approximate surface area is 135 Å². The van der Waals surface area contributed by atoms with E-state index in [1.54, 1.807) is 18.2 Å². The molecule has 0 bridgehead atoms. The summed E-state index contributed by atoms with van der Waals surface area (Å²) in [5, 5.41) is 14.7. The van der Waals surface area contributed by atoms with Crippen molar-refractivity contribution in [3.63, 3.8) is 0 Å². The number of aliphatic hydroxyl groups is 1. The molecule has 1 aromatic carbocycles. The largest absolute Gasteiger partial charge is 0.431 e. The molecule has 0 fully saturated rings. The van der Waals surface area contributed by atoms with Crippen LogP contribution in [0.4, 0.5) is 13.2 Å². The van der Waals surface area contributed by atoms with Gasteiger partial charge in [-0.2, -0.15) is 23.3 Å². The van der Waals surface area contributed by atoms with E-state index in [4.69, 9.17) is 0 Å². The van der Waals surface area contributed by atoms with Gasteiger partial charge >= 0.3 is 6.18 Å². The number of benzene rings is 1.